The van der Waals surface area contributed by atoms with Gasteiger partial charge in [-0.15, -0.1) is 11.3 Å². The Kier molecular flexibility index (Phi) is 8.97. The van der Waals surface area contributed by atoms with Gasteiger partial charge in [0.05, 0.1) is 11.9 Å². The van der Waals surface area contributed by atoms with Crippen LogP contribution in [0.15, 0.2) is 4.79 Å². The van der Waals surface area contributed by atoms with E-state index in [4.69, 9.17) is 4.98 Å². The van der Waals surface area contributed by atoms with E-state index < -0.39 is 0 Å². The summed E-state index contributed by atoms with van der Waals surface area (Å²) < 4.78 is 1.96. The zero-order valence-corrected chi connectivity index (χ0v) is 18.8. The van der Waals surface area contributed by atoms with Crippen LogP contribution in [0.25, 0.3) is 10.2 Å². The minimum absolute atomic E-state index is 0.162. The molecule has 2 heterocycles. The Labute approximate surface area is 168 Å². The van der Waals surface area contributed by atoms with Crippen LogP contribution in [-0.2, 0) is 13.1 Å². The summed E-state index contributed by atoms with van der Waals surface area (Å²) in [7, 11) is 0. The Morgan fingerprint density at radius 2 is 1.59 bits per heavy atom. The van der Waals surface area contributed by atoms with Gasteiger partial charge < -0.3 is 0 Å². The van der Waals surface area contributed by atoms with Crippen LogP contribution in [0.5, 0.6) is 0 Å². The zero-order chi connectivity index (χ0) is 19.8. The van der Waals surface area contributed by atoms with Gasteiger partial charge in [-0.05, 0) is 38.9 Å². The lowest BCUT2D eigenvalue weighted by Crippen LogP contribution is -2.31. The van der Waals surface area contributed by atoms with Gasteiger partial charge in [-0.2, -0.15) is 0 Å². The minimum Gasteiger partial charge on any atom is -0.297 e. The molecule has 5 heteroatoms. The van der Waals surface area contributed by atoms with E-state index >= 15 is 0 Å². The molecule has 2 rings (SSSR count). The Morgan fingerprint density at radius 1 is 0.963 bits per heavy atom. The minimum atomic E-state index is 0.162. The summed E-state index contributed by atoms with van der Waals surface area (Å²) >= 11 is 1.65. The molecule has 0 fully saturated rings. The maximum absolute atomic E-state index is 13.3. The lowest BCUT2D eigenvalue weighted by atomic mass is 10.1. The quantitative estimate of drug-likeness (QED) is 0.438. The molecule has 0 saturated heterocycles. The highest BCUT2D eigenvalue weighted by atomic mass is 32.1. The first-order valence-corrected chi connectivity index (χ1v) is 11.6. The number of unbranched alkanes of at least 4 members (excludes halogenated alkanes) is 6. The second kappa shape index (κ2) is 11.0. The molecule has 0 aliphatic rings. The molecule has 0 aliphatic carbocycles. The fraction of sp³-hybridized carbons (Fsp3) is 0.727. The first-order chi connectivity index (χ1) is 13.0. The number of fused-ring (bicyclic) bond motifs is 1. The maximum Gasteiger partial charge on any atom is 0.262 e. The second-order valence-electron chi connectivity index (χ2n) is 7.53. The van der Waals surface area contributed by atoms with Crippen molar-refractivity contribution in [2.45, 2.75) is 92.7 Å². The van der Waals surface area contributed by atoms with E-state index in [9.17, 15) is 4.79 Å². The van der Waals surface area contributed by atoms with Gasteiger partial charge in [0, 0.05) is 11.4 Å². The summed E-state index contributed by atoms with van der Waals surface area (Å²) in [5.41, 5.74) is 1.27. The van der Waals surface area contributed by atoms with Crippen molar-refractivity contribution in [1.29, 1.82) is 0 Å². The predicted octanol–water partition coefficient (Wildman–Crippen LogP) is 5.67. The van der Waals surface area contributed by atoms with Crippen molar-refractivity contribution in [3.63, 3.8) is 0 Å². The Hall–Kier alpha value is -1.20. The molecule has 152 valence electrons. The maximum atomic E-state index is 13.3. The van der Waals surface area contributed by atoms with Crippen molar-refractivity contribution in [2.75, 3.05) is 13.1 Å². The highest BCUT2D eigenvalue weighted by Gasteiger charge is 2.17. The van der Waals surface area contributed by atoms with E-state index in [-0.39, 0.29) is 5.56 Å². The molecule has 2 aromatic heterocycles. The molecule has 0 aromatic carbocycles. The largest absolute Gasteiger partial charge is 0.297 e. The fourth-order valence-corrected chi connectivity index (χ4v) is 4.63. The number of hydrogen-bond acceptors (Lipinski definition) is 4. The third-order valence-corrected chi connectivity index (χ3v) is 6.71. The Balaban J connectivity index is 2.21. The summed E-state index contributed by atoms with van der Waals surface area (Å²) in [6.07, 6.45) is 8.80. The van der Waals surface area contributed by atoms with E-state index in [1.165, 1.54) is 43.4 Å². The van der Waals surface area contributed by atoms with Gasteiger partial charge in [-0.25, -0.2) is 4.98 Å². The number of thiophene rings is 1. The highest BCUT2D eigenvalue weighted by molar-refractivity contribution is 7.18. The van der Waals surface area contributed by atoms with Gasteiger partial charge in [0.1, 0.15) is 10.7 Å². The van der Waals surface area contributed by atoms with Gasteiger partial charge in [-0.3, -0.25) is 14.3 Å². The van der Waals surface area contributed by atoms with Crippen molar-refractivity contribution >= 4 is 21.6 Å². The highest BCUT2D eigenvalue weighted by Crippen LogP contribution is 2.26. The average molecular weight is 392 g/mol. The predicted molar refractivity (Wildman–Crippen MR) is 118 cm³/mol. The van der Waals surface area contributed by atoms with E-state index in [2.05, 4.69) is 39.5 Å². The molecule has 0 amide bonds. The fourth-order valence-electron chi connectivity index (χ4n) is 3.59. The Bertz CT molecular complexity index is 774. The molecule has 0 saturated carbocycles. The van der Waals surface area contributed by atoms with Gasteiger partial charge in [-0.1, -0.05) is 59.3 Å². The molecule has 0 aliphatic heterocycles. The van der Waals surface area contributed by atoms with Crippen molar-refractivity contribution < 1.29 is 0 Å². The number of rotatable bonds is 12. The molecule has 0 unspecified atom stereocenters. The normalized spacial score (nSPS) is 11.8. The SMILES string of the molecule is CCCCCCCCCn1c(CN(CC)CC)nc2sc(C)c(C)c2c1=O. The van der Waals surface area contributed by atoms with Gasteiger partial charge in [0.15, 0.2) is 0 Å². The standard InChI is InChI=1S/C22H37N3OS/c1-6-9-10-11-12-13-14-15-25-19(16-24(7-2)8-3)23-21-20(22(25)26)17(4)18(5)27-21/h6-16H2,1-5H3. The number of hydrogen-bond donors (Lipinski definition) is 0. The van der Waals surface area contributed by atoms with Crippen LogP contribution in [0.2, 0.25) is 0 Å². The Morgan fingerprint density at radius 3 is 2.22 bits per heavy atom. The lowest BCUT2D eigenvalue weighted by Gasteiger charge is -2.20. The molecule has 4 nitrogen and oxygen atoms in total. The molecule has 2 aromatic rings. The van der Waals surface area contributed by atoms with Crippen LogP contribution in [0, 0.1) is 13.8 Å². The molecule has 0 atom stereocenters. The smallest absolute Gasteiger partial charge is 0.262 e. The van der Waals surface area contributed by atoms with Gasteiger partial charge in [0.25, 0.3) is 5.56 Å². The van der Waals surface area contributed by atoms with E-state index in [1.807, 2.05) is 4.57 Å². The summed E-state index contributed by atoms with van der Waals surface area (Å²) in [4.78, 5) is 22.6. The summed E-state index contributed by atoms with van der Waals surface area (Å²) in [5, 5.41) is 0.837. The van der Waals surface area contributed by atoms with Crippen LogP contribution >= 0.6 is 11.3 Å². The molecule has 0 spiro atoms. The van der Waals surface area contributed by atoms with E-state index in [0.29, 0.717) is 0 Å². The third-order valence-electron chi connectivity index (χ3n) is 5.61. The first kappa shape index (κ1) is 22.1. The van der Waals surface area contributed by atoms with Crippen LogP contribution in [0.3, 0.4) is 0 Å². The second-order valence-corrected chi connectivity index (χ2v) is 8.73. The van der Waals surface area contributed by atoms with Crippen molar-refractivity contribution in [3.05, 3.63) is 26.6 Å². The summed E-state index contributed by atoms with van der Waals surface area (Å²) in [6, 6.07) is 0. The van der Waals surface area contributed by atoms with E-state index in [0.717, 1.165) is 54.2 Å². The lowest BCUT2D eigenvalue weighted by molar-refractivity contribution is 0.281. The van der Waals surface area contributed by atoms with Crippen molar-refractivity contribution in [2.24, 2.45) is 0 Å². The van der Waals surface area contributed by atoms with E-state index in [1.54, 1.807) is 11.3 Å². The third kappa shape index (κ3) is 5.64. The summed E-state index contributed by atoms with van der Waals surface area (Å²) in [5.74, 6) is 0.934. The monoisotopic (exact) mass is 391 g/mol. The number of aromatic nitrogens is 2. The number of nitrogens with zero attached hydrogens (tertiary/aromatic N) is 3. The molecule has 0 N–H and O–H groups in total. The molecule has 0 bridgehead atoms. The van der Waals surface area contributed by atoms with Crippen LogP contribution in [0.1, 0.15) is 82.0 Å². The average Bonchev–Trinajstić information content (AvgIpc) is 2.94. The van der Waals surface area contributed by atoms with Crippen LogP contribution in [0.4, 0.5) is 0 Å². The molecular weight excluding hydrogens is 354 g/mol. The van der Waals surface area contributed by atoms with Crippen molar-refractivity contribution in [1.82, 2.24) is 14.5 Å². The first-order valence-electron chi connectivity index (χ1n) is 10.7. The van der Waals surface area contributed by atoms with Gasteiger partial charge >= 0.3 is 0 Å². The topological polar surface area (TPSA) is 38.1 Å². The zero-order valence-electron chi connectivity index (χ0n) is 17.9. The molecule has 0 radical (unpaired) electrons. The van der Waals surface area contributed by atoms with Crippen molar-refractivity contribution in [3.8, 4) is 0 Å². The van der Waals surface area contributed by atoms with Crippen LogP contribution in [-0.4, -0.2) is 27.5 Å². The molecular formula is C22H37N3OS. The summed E-state index contributed by atoms with van der Waals surface area (Å²) in [6.45, 7) is 14.2. The van der Waals surface area contributed by atoms with Crippen LogP contribution < -0.4 is 5.56 Å². The van der Waals surface area contributed by atoms with Gasteiger partial charge in [0.2, 0.25) is 0 Å². The molecule has 27 heavy (non-hydrogen) atoms. The number of aryl methyl sites for hydroxylation is 2.